The molecule has 0 aromatic carbocycles. The van der Waals surface area contributed by atoms with Crippen molar-refractivity contribution in [2.75, 3.05) is 6.54 Å². The number of hydrogen-bond donors (Lipinski definition) is 1. The third-order valence-electron chi connectivity index (χ3n) is 2.00. The topological polar surface area (TPSA) is 43.8 Å². The fraction of sp³-hybridized carbons (Fsp3) is 0.667. The van der Waals surface area contributed by atoms with E-state index in [1.807, 2.05) is 4.68 Å². The number of hydrogen-bond acceptors (Lipinski definition) is 2. The van der Waals surface area contributed by atoms with Crippen LogP contribution in [0, 0.1) is 0 Å². The predicted octanol–water partition coefficient (Wildman–Crippen LogP) is 0.967. The minimum Gasteiger partial charge on any atom is -0.330 e. The van der Waals surface area contributed by atoms with E-state index in [0.29, 0.717) is 6.54 Å². The third-order valence-corrected chi connectivity index (χ3v) is 2.00. The highest BCUT2D eigenvalue weighted by molar-refractivity contribution is 5.17. The summed E-state index contributed by atoms with van der Waals surface area (Å²) in [5.41, 5.74) is 8.00. The third kappa shape index (κ3) is 1.85. The molecule has 0 aliphatic carbocycles. The van der Waals surface area contributed by atoms with Crippen molar-refractivity contribution in [3.8, 4) is 0 Å². The van der Waals surface area contributed by atoms with E-state index in [2.05, 4.69) is 25.1 Å². The van der Waals surface area contributed by atoms with E-state index in [1.54, 1.807) is 0 Å². The average molecular weight is 167 g/mol. The number of rotatable bonds is 4. The van der Waals surface area contributed by atoms with Gasteiger partial charge in [0, 0.05) is 12.7 Å². The van der Waals surface area contributed by atoms with Gasteiger partial charge >= 0.3 is 0 Å². The molecule has 0 unspecified atom stereocenters. The number of nitrogens with two attached hydrogens (primary N) is 1. The van der Waals surface area contributed by atoms with Crippen LogP contribution in [0.3, 0.4) is 0 Å². The molecule has 0 amide bonds. The van der Waals surface area contributed by atoms with Gasteiger partial charge in [0.15, 0.2) is 0 Å². The second kappa shape index (κ2) is 4.26. The van der Waals surface area contributed by atoms with Crippen LogP contribution in [0.5, 0.6) is 0 Å². The Morgan fingerprint density at radius 1 is 1.50 bits per heavy atom. The first-order valence-electron chi connectivity index (χ1n) is 4.57. The molecule has 1 heterocycles. The van der Waals surface area contributed by atoms with Crippen LogP contribution in [0.1, 0.15) is 25.1 Å². The van der Waals surface area contributed by atoms with Crippen LogP contribution < -0.4 is 5.73 Å². The summed E-state index contributed by atoms with van der Waals surface area (Å²) in [5.74, 6) is 0. The number of aromatic nitrogens is 2. The van der Waals surface area contributed by atoms with E-state index >= 15 is 0 Å². The van der Waals surface area contributed by atoms with Gasteiger partial charge in [-0.2, -0.15) is 5.10 Å². The standard InChI is InChI=1S/C9H17N3/c1-3-9-8(5-6-10)7-12(4-2)11-9/h7H,3-6,10H2,1-2H3. The molecular weight excluding hydrogens is 150 g/mol. The van der Waals surface area contributed by atoms with Crippen LogP contribution in [-0.4, -0.2) is 16.3 Å². The average Bonchev–Trinajstić information content (AvgIpc) is 2.48. The van der Waals surface area contributed by atoms with Crippen LogP contribution in [0.25, 0.3) is 0 Å². The summed E-state index contributed by atoms with van der Waals surface area (Å²) in [4.78, 5) is 0. The molecule has 0 bridgehead atoms. The maximum Gasteiger partial charge on any atom is 0.0654 e. The van der Waals surface area contributed by atoms with E-state index in [-0.39, 0.29) is 0 Å². The van der Waals surface area contributed by atoms with Gasteiger partial charge in [-0.3, -0.25) is 4.68 Å². The summed E-state index contributed by atoms with van der Waals surface area (Å²) in [6.45, 7) is 5.88. The van der Waals surface area contributed by atoms with E-state index in [4.69, 9.17) is 5.73 Å². The second-order valence-electron chi connectivity index (χ2n) is 2.85. The predicted molar refractivity (Wildman–Crippen MR) is 50.0 cm³/mol. The first-order chi connectivity index (χ1) is 5.81. The zero-order valence-corrected chi connectivity index (χ0v) is 7.88. The molecule has 2 N–H and O–H groups in total. The zero-order valence-electron chi connectivity index (χ0n) is 7.88. The second-order valence-corrected chi connectivity index (χ2v) is 2.85. The quantitative estimate of drug-likeness (QED) is 0.726. The smallest absolute Gasteiger partial charge is 0.0654 e. The Bertz CT molecular complexity index is 240. The molecular formula is C9H17N3. The molecule has 0 spiro atoms. The van der Waals surface area contributed by atoms with Crippen molar-refractivity contribution in [3.63, 3.8) is 0 Å². The molecule has 3 heteroatoms. The summed E-state index contributed by atoms with van der Waals surface area (Å²) < 4.78 is 1.98. The van der Waals surface area contributed by atoms with Crippen molar-refractivity contribution in [2.45, 2.75) is 33.2 Å². The summed E-state index contributed by atoms with van der Waals surface area (Å²) in [7, 11) is 0. The van der Waals surface area contributed by atoms with E-state index < -0.39 is 0 Å². The highest BCUT2D eigenvalue weighted by Crippen LogP contribution is 2.07. The molecule has 0 saturated heterocycles. The maximum absolute atomic E-state index is 5.50. The van der Waals surface area contributed by atoms with E-state index in [1.165, 1.54) is 11.3 Å². The molecule has 1 rings (SSSR count). The zero-order chi connectivity index (χ0) is 8.97. The summed E-state index contributed by atoms with van der Waals surface area (Å²) in [6, 6.07) is 0. The summed E-state index contributed by atoms with van der Waals surface area (Å²) >= 11 is 0. The first kappa shape index (κ1) is 9.26. The van der Waals surface area contributed by atoms with Crippen molar-refractivity contribution in [1.29, 1.82) is 0 Å². The van der Waals surface area contributed by atoms with Crippen molar-refractivity contribution in [3.05, 3.63) is 17.5 Å². The molecule has 3 nitrogen and oxygen atoms in total. The Hall–Kier alpha value is -0.830. The number of nitrogens with zero attached hydrogens (tertiary/aromatic N) is 2. The van der Waals surface area contributed by atoms with E-state index in [9.17, 15) is 0 Å². The largest absolute Gasteiger partial charge is 0.330 e. The number of aryl methyl sites for hydroxylation is 2. The molecule has 0 aliphatic rings. The Morgan fingerprint density at radius 3 is 2.75 bits per heavy atom. The lowest BCUT2D eigenvalue weighted by atomic mass is 10.1. The van der Waals surface area contributed by atoms with Crippen LogP contribution in [0.4, 0.5) is 0 Å². The van der Waals surface area contributed by atoms with Crippen molar-refractivity contribution >= 4 is 0 Å². The Balaban J connectivity index is 2.84. The van der Waals surface area contributed by atoms with Gasteiger partial charge < -0.3 is 5.73 Å². The SMILES string of the molecule is CCc1nn(CC)cc1CCN. The fourth-order valence-corrected chi connectivity index (χ4v) is 1.33. The highest BCUT2D eigenvalue weighted by Gasteiger charge is 2.04. The summed E-state index contributed by atoms with van der Waals surface area (Å²) in [6.07, 6.45) is 4.05. The van der Waals surface area contributed by atoms with Crippen molar-refractivity contribution in [2.24, 2.45) is 5.73 Å². The Morgan fingerprint density at radius 2 is 2.25 bits per heavy atom. The van der Waals surface area contributed by atoms with Gasteiger partial charge in [-0.1, -0.05) is 6.92 Å². The first-order valence-corrected chi connectivity index (χ1v) is 4.57. The minimum atomic E-state index is 0.711. The lowest BCUT2D eigenvalue weighted by Gasteiger charge is -1.94. The van der Waals surface area contributed by atoms with Gasteiger partial charge in [0.2, 0.25) is 0 Å². The van der Waals surface area contributed by atoms with Crippen LogP contribution in [-0.2, 0) is 19.4 Å². The van der Waals surface area contributed by atoms with Gasteiger partial charge in [0.25, 0.3) is 0 Å². The van der Waals surface area contributed by atoms with Crippen LogP contribution in [0.2, 0.25) is 0 Å². The molecule has 1 aromatic heterocycles. The minimum absolute atomic E-state index is 0.711. The van der Waals surface area contributed by atoms with Crippen molar-refractivity contribution in [1.82, 2.24) is 9.78 Å². The Kier molecular flexibility index (Phi) is 3.29. The monoisotopic (exact) mass is 167 g/mol. The maximum atomic E-state index is 5.50. The lowest BCUT2D eigenvalue weighted by molar-refractivity contribution is 0.648. The molecule has 0 aliphatic heterocycles. The molecule has 0 fully saturated rings. The molecule has 1 aromatic rings. The van der Waals surface area contributed by atoms with Gasteiger partial charge in [-0.15, -0.1) is 0 Å². The normalized spacial score (nSPS) is 10.6. The lowest BCUT2D eigenvalue weighted by Crippen LogP contribution is -2.03. The van der Waals surface area contributed by atoms with Crippen LogP contribution >= 0.6 is 0 Å². The van der Waals surface area contributed by atoms with Gasteiger partial charge in [0.05, 0.1) is 5.69 Å². The summed E-state index contributed by atoms with van der Waals surface area (Å²) in [5, 5.41) is 4.43. The molecule has 0 atom stereocenters. The molecule has 0 saturated carbocycles. The molecule has 68 valence electrons. The molecule has 0 radical (unpaired) electrons. The van der Waals surface area contributed by atoms with Gasteiger partial charge in [-0.25, -0.2) is 0 Å². The van der Waals surface area contributed by atoms with Gasteiger partial charge in [-0.05, 0) is 31.9 Å². The fourth-order valence-electron chi connectivity index (χ4n) is 1.33. The van der Waals surface area contributed by atoms with Crippen LogP contribution in [0.15, 0.2) is 6.20 Å². The van der Waals surface area contributed by atoms with Crippen molar-refractivity contribution < 1.29 is 0 Å². The van der Waals surface area contributed by atoms with E-state index in [0.717, 1.165) is 19.4 Å². The Labute approximate surface area is 73.6 Å². The molecule has 12 heavy (non-hydrogen) atoms. The highest BCUT2D eigenvalue weighted by atomic mass is 15.3. The van der Waals surface area contributed by atoms with Gasteiger partial charge in [0.1, 0.15) is 0 Å².